The molecule has 1 aromatic heterocycles. The lowest BCUT2D eigenvalue weighted by molar-refractivity contribution is -0.142. The number of hydrogen-bond acceptors (Lipinski definition) is 8. The minimum Gasteiger partial charge on any atom is -0.369 e. The number of rotatable bonds is 5. The van der Waals surface area contributed by atoms with Gasteiger partial charge in [0.2, 0.25) is 11.9 Å². The van der Waals surface area contributed by atoms with Gasteiger partial charge >= 0.3 is 0 Å². The number of nitrogens with one attached hydrogen (secondary N) is 2. The van der Waals surface area contributed by atoms with Crippen molar-refractivity contribution in [2.45, 2.75) is 70.0 Å². The van der Waals surface area contributed by atoms with Gasteiger partial charge in [-0.1, -0.05) is 12.8 Å². The van der Waals surface area contributed by atoms with Gasteiger partial charge in [0.05, 0.1) is 6.42 Å². The molecule has 1 aromatic carbocycles. The quantitative estimate of drug-likeness (QED) is 0.619. The minimum absolute atomic E-state index is 0.0558. The fourth-order valence-corrected chi connectivity index (χ4v) is 6.21. The lowest BCUT2D eigenvalue weighted by Crippen LogP contribution is -2.48. The zero-order valence-electron chi connectivity index (χ0n) is 21.2. The van der Waals surface area contributed by atoms with Gasteiger partial charge in [-0.2, -0.15) is 4.98 Å². The Bertz CT molecular complexity index is 1150. The van der Waals surface area contributed by atoms with Gasteiger partial charge in [-0.15, -0.1) is 0 Å². The van der Waals surface area contributed by atoms with Gasteiger partial charge in [-0.3, -0.25) is 19.4 Å². The van der Waals surface area contributed by atoms with Crippen molar-refractivity contribution in [3.05, 3.63) is 36.0 Å². The molecule has 190 valence electrons. The summed E-state index contributed by atoms with van der Waals surface area (Å²) in [4.78, 5) is 41.8. The highest BCUT2D eigenvalue weighted by Gasteiger charge is 2.56. The molecule has 6 rings (SSSR count). The highest BCUT2D eigenvalue weighted by molar-refractivity contribution is 6.11. The molecule has 4 heterocycles. The lowest BCUT2D eigenvalue weighted by Gasteiger charge is -2.38. The summed E-state index contributed by atoms with van der Waals surface area (Å²) in [6.07, 6.45) is 6.41. The van der Waals surface area contributed by atoms with Crippen molar-refractivity contribution in [2.24, 2.45) is 0 Å². The first-order valence-corrected chi connectivity index (χ1v) is 13.3. The summed E-state index contributed by atoms with van der Waals surface area (Å²) >= 11 is 0. The van der Waals surface area contributed by atoms with E-state index in [1.807, 2.05) is 12.1 Å². The van der Waals surface area contributed by atoms with Crippen LogP contribution in [0.5, 0.6) is 0 Å². The summed E-state index contributed by atoms with van der Waals surface area (Å²) in [5.41, 5.74) is 2.10. The van der Waals surface area contributed by atoms with E-state index in [4.69, 9.17) is 0 Å². The third-order valence-electron chi connectivity index (χ3n) is 8.29. The molecule has 1 atom stereocenters. The van der Waals surface area contributed by atoms with E-state index in [1.165, 1.54) is 10.6 Å². The molecule has 3 fully saturated rings. The summed E-state index contributed by atoms with van der Waals surface area (Å²) in [5, 5.41) is 6.61. The van der Waals surface area contributed by atoms with Gasteiger partial charge in [0.1, 0.15) is 11.4 Å². The van der Waals surface area contributed by atoms with Crippen molar-refractivity contribution in [3.8, 4) is 0 Å². The third kappa shape index (κ3) is 4.09. The normalized spacial score (nSPS) is 24.8. The maximum absolute atomic E-state index is 13.4. The number of likely N-dealkylation sites (tertiary alicyclic amines) is 1. The molecule has 2 N–H and O–H groups in total. The fraction of sp³-hybridized carbons (Fsp3) is 0.556. The number of imide groups is 1. The number of anilines is 4. The van der Waals surface area contributed by atoms with Crippen LogP contribution in [0.3, 0.4) is 0 Å². The zero-order valence-corrected chi connectivity index (χ0v) is 21.2. The Morgan fingerprint density at radius 1 is 1.03 bits per heavy atom. The average Bonchev–Trinajstić information content (AvgIpc) is 3.58. The second-order valence-corrected chi connectivity index (χ2v) is 10.9. The molecule has 4 aliphatic rings. The molecular weight excluding hydrogens is 454 g/mol. The first kappa shape index (κ1) is 23.2. The van der Waals surface area contributed by atoms with Crippen LogP contribution in [0, 0.1) is 0 Å². The van der Waals surface area contributed by atoms with Crippen molar-refractivity contribution in [1.29, 1.82) is 0 Å². The van der Waals surface area contributed by atoms with Crippen LogP contribution in [-0.2, 0) is 16.0 Å². The van der Waals surface area contributed by atoms with E-state index in [0.717, 1.165) is 63.1 Å². The van der Waals surface area contributed by atoms with Crippen LogP contribution in [0.2, 0.25) is 0 Å². The minimum atomic E-state index is -0.906. The van der Waals surface area contributed by atoms with Gasteiger partial charge in [0.15, 0.2) is 0 Å². The number of aromatic nitrogens is 2. The molecule has 9 nitrogen and oxygen atoms in total. The molecule has 1 spiro atoms. The summed E-state index contributed by atoms with van der Waals surface area (Å²) in [5.74, 6) is 0.948. The Balaban J connectivity index is 1.11. The topological polar surface area (TPSA) is 93.7 Å². The Morgan fingerprint density at radius 2 is 1.75 bits per heavy atom. The van der Waals surface area contributed by atoms with Gasteiger partial charge < -0.3 is 15.5 Å². The van der Waals surface area contributed by atoms with E-state index in [9.17, 15) is 9.59 Å². The number of hydrogen-bond donors (Lipinski definition) is 2. The van der Waals surface area contributed by atoms with E-state index in [2.05, 4.69) is 56.4 Å². The zero-order chi connectivity index (χ0) is 24.9. The third-order valence-corrected chi connectivity index (χ3v) is 8.29. The SMILES string of the molecule is CC(C)N1CCN(c2ccc(Nc3ncc4c(n3)NC3(CC(=O)N(C5CCCC5)C3=O)C4)cc2)CC1. The fourth-order valence-electron chi connectivity index (χ4n) is 6.21. The second-order valence-electron chi connectivity index (χ2n) is 10.9. The van der Waals surface area contributed by atoms with Crippen LogP contribution in [0.15, 0.2) is 30.5 Å². The highest BCUT2D eigenvalue weighted by Crippen LogP contribution is 2.41. The standard InChI is InChI=1S/C27H35N7O2/c1-18(2)32-11-13-33(14-12-32)21-9-7-20(8-10-21)29-26-28-17-19-15-27(31-24(19)30-26)16-23(35)34(25(27)36)22-5-3-4-6-22/h7-10,17-18,22H,3-6,11-16H2,1-2H3,(H2,28,29,30,31). The number of fused-ring (bicyclic) bond motifs is 1. The van der Waals surface area contributed by atoms with Gasteiger partial charge in [0, 0.05) is 67.8 Å². The van der Waals surface area contributed by atoms with Crippen molar-refractivity contribution < 1.29 is 9.59 Å². The molecule has 2 aromatic rings. The number of nitrogens with zero attached hydrogens (tertiary/aromatic N) is 5. The van der Waals surface area contributed by atoms with Crippen LogP contribution in [0.1, 0.15) is 51.5 Å². The molecule has 0 bridgehead atoms. The van der Waals surface area contributed by atoms with Gasteiger partial charge in [-0.05, 0) is 51.0 Å². The summed E-state index contributed by atoms with van der Waals surface area (Å²) in [7, 11) is 0. The molecule has 3 aliphatic heterocycles. The van der Waals surface area contributed by atoms with E-state index >= 15 is 0 Å². The molecule has 1 saturated carbocycles. The highest BCUT2D eigenvalue weighted by atomic mass is 16.2. The Kier molecular flexibility index (Phi) is 5.82. The summed E-state index contributed by atoms with van der Waals surface area (Å²) < 4.78 is 0. The number of carbonyl (C=O) groups is 2. The molecule has 1 unspecified atom stereocenters. The van der Waals surface area contributed by atoms with Crippen LogP contribution in [-0.4, -0.2) is 75.4 Å². The first-order chi connectivity index (χ1) is 17.4. The number of benzene rings is 1. The molecule has 1 aliphatic carbocycles. The number of carbonyl (C=O) groups excluding carboxylic acids is 2. The predicted octanol–water partition coefficient (Wildman–Crippen LogP) is 3.16. The van der Waals surface area contributed by atoms with Crippen molar-refractivity contribution >= 4 is 35.0 Å². The lowest BCUT2D eigenvalue weighted by atomic mass is 9.94. The molecule has 2 amide bonds. The molecule has 2 saturated heterocycles. The Morgan fingerprint density at radius 3 is 2.44 bits per heavy atom. The van der Waals surface area contributed by atoms with Crippen LogP contribution in [0.4, 0.5) is 23.1 Å². The molecule has 36 heavy (non-hydrogen) atoms. The largest absolute Gasteiger partial charge is 0.369 e. The predicted molar refractivity (Wildman–Crippen MR) is 139 cm³/mol. The maximum Gasteiger partial charge on any atom is 0.256 e. The van der Waals surface area contributed by atoms with Crippen molar-refractivity contribution in [3.63, 3.8) is 0 Å². The van der Waals surface area contributed by atoms with E-state index in [-0.39, 0.29) is 24.3 Å². The summed E-state index contributed by atoms with van der Waals surface area (Å²) in [6, 6.07) is 9.01. The number of piperazine rings is 1. The second kappa shape index (κ2) is 9.03. The van der Waals surface area contributed by atoms with Crippen LogP contribution < -0.4 is 15.5 Å². The van der Waals surface area contributed by atoms with E-state index in [1.54, 1.807) is 6.20 Å². The maximum atomic E-state index is 13.4. The van der Waals surface area contributed by atoms with Crippen molar-refractivity contribution in [2.75, 3.05) is 41.7 Å². The molecule has 9 heteroatoms. The van der Waals surface area contributed by atoms with Gasteiger partial charge in [0.25, 0.3) is 5.91 Å². The van der Waals surface area contributed by atoms with Gasteiger partial charge in [-0.25, -0.2) is 4.98 Å². The van der Waals surface area contributed by atoms with E-state index < -0.39 is 5.54 Å². The average molecular weight is 490 g/mol. The Hall–Kier alpha value is -3.20. The van der Waals surface area contributed by atoms with Crippen LogP contribution >= 0.6 is 0 Å². The molecule has 0 radical (unpaired) electrons. The number of amides is 2. The summed E-state index contributed by atoms with van der Waals surface area (Å²) in [6.45, 7) is 8.74. The molecular formula is C27H35N7O2. The Labute approximate surface area is 212 Å². The van der Waals surface area contributed by atoms with E-state index in [0.29, 0.717) is 24.2 Å². The monoisotopic (exact) mass is 489 g/mol. The van der Waals surface area contributed by atoms with Crippen molar-refractivity contribution in [1.82, 2.24) is 19.8 Å². The van der Waals surface area contributed by atoms with Crippen LogP contribution in [0.25, 0.3) is 0 Å². The smallest absolute Gasteiger partial charge is 0.256 e. The first-order valence-electron chi connectivity index (χ1n) is 13.3.